The van der Waals surface area contributed by atoms with E-state index in [1.165, 1.54) is 0 Å². The smallest absolute Gasteiger partial charge is 0.241 e. The molecule has 2 N–H and O–H groups in total. The van der Waals surface area contributed by atoms with Crippen LogP contribution in [0.5, 0.6) is 0 Å². The number of rotatable bonds is 5. The number of aliphatic hydroxyl groups excluding tert-OH is 1. The molecule has 2 rings (SSSR count). The highest BCUT2D eigenvalue weighted by molar-refractivity contribution is 7.89. The minimum Gasteiger partial charge on any atom is -0.392 e. The van der Waals surface area contributed by atoms with E-state index in [2.05, 4.69) is 4.72 Å². The van der Waals surface area contributed by atoms with Crippen molar-refractivity contribution in [3.63, 3.8) is 0 Å². The van der Waals surface area contributed by atoms with E-state index in [0.29, 0.717) is 5.56 Å². The van der Waals surface area contributed by atoms with Gasteiger partial charge in [-0.25, -0.2) is 13.1 Å². The molecule has 0 amide bonds. The third kappa shape index (κ3) is 2.99. The van der Waals surface area contributed by atoms with Crippen molar-refractivity contribution in [1.82, 2.24) is 4.72 Å². The molecule has 1 aliphatic rings. The average molecular weight is 283 g/mol. The minimum atomic E-state index is -3.50. The zero-order valence-electron chi connectivity index (χ0n) is 11.4. The van der Waals surface area contributed by atoms with Crippen molar-refractivity contribution >= 4 is 10.0 Å². The van der Waals surface area contributed by atoms with Gasteiger partial charge in [0.1, 0.15) is 0 Å². The van der Waals surface area contributed by atoms with E-state index in [1.54, 1.807) is 18.2 Å². The van der Waals surface area contributed by atoms with Gasteiger partial charge in [-0.3, -0.25) is 0 Å². The summed E-state index contributed by atoms with van der Waals surface area (Å²) in [6.45, 7) is 3.78. The van der Waals surface area contributed by atoms with Crippen LogP contribution in [0.15, 0.2) is 23.1 Å². The summed E-state index contributed by atoms with van der Waals surface area (Å²) in [6, 6.07) is 4.97. The third-order valence-electron chi connectivity index (χ3n) is 3.88. The summed E-state index contributed by atoms with van der Waals surface area (Å²) in [4.78, 5) is 0.238. The van der Waals surface area contributed by atoms with E-state index in [9.17, 15) is 13.5 Å². The second-order valence-electron chi connectivity index (χ2n) is 5.46. The van der Waals surface area contributed by atoms with Crippen LogP contribution in [0.25, 0.3) is 0 Å². The number of aliphatic hydroxyl groups is 1. The molecule has 5 heteroatoms. The van der Waals surface area contributed by atoms with E-state index in [4.69, 9.17) is 0 Å². The van der Waals surface area contributed by atoms with Crippen LogP contribution >= 0.6 is 0 Å². The zero-order valence-corrected chi connectivity index (χ0v) is 12.3. The molecule has 1 aliphatic carbocycles. The van der Waals surface area contributed by atoms with Crippen LogP contribution in [0, 0.1) is 0 Å². The Labute approximate surface area is 114 Å². The van der Waals surface area contributed by atoms with Crippen LogP contribution in [-0.2, 0) is 23.1 Å². The first kappa shape index (κ1) is 14.5. The monoisotopic (exact) mass is 283 g/mol. The van der Waals surface area contributed by atoms with Crippen molar-refractivity contribution < 1.29 is 13.5 Å². The van der Waals surface area contributed by atoms with Crippen LogP contribution in [0.2, 0.25) is 0 Å². The van der Waals surface area contributed by atoms with Crippen LogP contribution in [0.1, 0.15) is 44.2 Å². The van der Waals surface area contributed by atoms with Gasteiger partial charge >= 0.3 is 0 Å². The predicted molar refractivity (Wildman–Crippen MR) is 74.3 cm³/mol. The van der Waals surface area contributed by atoms with Crippen LogP contribution in [0.4, 0.5) is 0 Å². The van der Waals surface area contributed by atoms with Gasteiger partial charge in [0.05, 0.1) is 11.5 Å². The standard InChI is InChI=1S/C14H21NO3S/c1-3-11-5-6-13(9-12(11)10-16)19(17,18)15-14(2)7-4-8-14/h5-6,9,15-16H,3-4,7-8,10H2,1-2H3. The molecular weight excluding hydrogens is 262 g/mol. The Morgan fingerprint density at radius 1 is 1.32 bits per heavy atom. The first-order chi connectivity index (χ1) is 8.90. The lowest BCUT2D eigenvalue weighted by Crippen LogP contribution is -2.50. The van der Waals surface area contributed by atoms with Crippen LogP contribution in [0.3, 0.4) is 0 Å². The average Bonchev–Trinajstić information content (AvgIpc) is 2.35. The van der Waals surface area contributed by atoms with Gasteiger partial charge in [-0.05, 0) is 55.9 Å². The largest absolute Gasteiger partial charge is 0.392 e. The summed E-state index contributed by atoms with van der Waals surface area (Å²) >= 11 is 0. The quantitative estimate of drug-likeness (QED) is 0.868. The van der Waals surface area contributed by atoms with Crippen molar-refractivity contribution in [3.05, 3.63) is 29.3 Å². The molecule has 0 atom stereocenters. The molecule has 0 heterocycles. The maximum Gasteiger partial charge on any atom is 0.241 e. The van der Waals surface area contributed by atoms with Crippen LogP contribution in [-0.4, -0.2) is 19.1 Å². The number of nitrogens with one attached hydrogen (secondary N) is 1. The number of benzene rings is 1. The van der Waals surface area contributed by atoms with Crippen molar-refractivity contribution in [2.75, 3.05) is 0 Å². The summed E-state index contributed by atoms with van der Waals surface area (Å²) in [7, 11) is -3.50. The maximum absolute atomic E-state index is 12.3. The number of hydrogen-bond acceptors (Lipinski definition) is 3. The SMILES string of the molecule is CCc1ccc(S(=O)(=O)NC2(C)CCC2)cc1CO. The molecule has 4 nitrogen and oxygen atoms in total. The van der Waals surface area contributed by atoms with E-state index < -0.39 is 10.0 Å². The molecule has 0 saturated heterocycles. The molecule has 0 bridgehead atoms. The highest BCUT2D eigenvalue weighted by atomic mass is 32.2. The van der Waals surface area contributed by atoms with Crippen LogP contribution < -0.4 is 4.72 Å². The second-order valence-corrected chi connectivity index (χ2v) is 7.14. The molecule has 0 aliphatic heterocycles. The van der Waals surface area contributed by atoms with Gasteiger partial charge in [-0.2, -0.15) is 0 Å². The van der Waals surface area contributed by atoms with Gasteiger partial charge in [0.25, 0.3) is 0 Å². The second kappa shape index (κ2) is 5.23. The third-order valence-corrected chi connectivity index (χ3v) is 5.51. The van der Waals surface area contributed by atoms with Crippen molar-refractivity contribution in [2.45, 2.75) is 56.6 Å². The van der Waals surface area contributed by atoms with Gasteiger partial charge in [0.15, 0.2) is 0 Å². The lowest BCUT2D eigenvalue weighted by molar-refractivity contribution is 0.248. The van der Waals surface area contributed by atoms with Gasteiger partial charge < -0.3 is 5.11 Å². The topological polar surface area (TPSA) is 66.4 Å². The van der Waals surface area contributed by atoms with Crippen molar-refractivity contribution in [3.8, 4) is 0 Å². The summed E-state index contributed by atoms with van der Waals surface area (Å²) in [5.74, 6) is 0. The maximum atomic E-state index is 12.3. The Hall–Kier alpha value is -0.910. The van der Waals surface area contributed by atoms with Crippen molar-refractivity contribution in [2.24, 2.45) is 0 Å². The molecule has 1 aromatic rings. The summed E-state index contributed by atoms with van der Waals surface area (Å²) in [6.07, 6.45) is 3.61. The summed E-state index contributed by atoms with van der Waals surface area (Å²) in [5, 5.41) is 9.31. The first-order valence-corrected chi connectivity index (χ1v) is 8.15. The molecule has 1 saturated carbocycles. The highest BCUT2D eigenvalue weighted by Crippen LogP contribution is 2.32. The van der Waals surface area contributed by atoms with Crippen molar-refractivity contribution in [1.29, 1.82) is 0 Å². The first-order valence-electron chi connectivity index (χ1n) is 6.67. The summed E-state index contributed by atoms with van der Waals surface area (Å²) < 4.78 is 27.4. The Bertz CT molecular complexity index is 562. The Kier molecular flexibility index (Phi) is 3.99. The molecule has 0 aromatic heterocycles. The number of sulfonamides is 1. The highest BCUT2D eigenvalue weighted by Gasteiger charge is 2.36. The van der Waals surface area contributed by atoms with E-state index in [0.717, 1.165) is 31.2 Å². The Balaban J connectivity index is 2.30. The number of aryl methyl sites for hydroxylation is 1. The molecule has 0 spiro atoms. The fourth-order valence-corrected chi connectivity index (χ4v) is 3.97. The Morgan fingerprint density at radius 2 is 2.00 bits per heavy atom. The van der Waals surface area contributed by atoms with E-state index in [-0.39, 0.29) is 17.0 Å². The van der Waals surface area contributed by atoms with Gasteiger partial charge in [-0.15, -0.1) is 0 Å². The van der Waals surface area contributed by atoms with E-state index in [1.807, 2.05) is 13.8 Å². The molecule has 19 heavy (non-hydrogen) atoms. The lowest BCUT2D eigenvalue weighted by atomic mass is 9.80. The Morgan fingerprint density at radius 3 is 2.47 bits per heavy atom. The zero-order chi connectivity index (χ0) is 14.1. The van der Waals surface area contributed by atoms with Gasteiger partial charge in [-0.1, -0.05) is 13.0 Å². The molecule has 0 radical (unpaired) electrons. The lowest BCUT2D eigenvalue weighted by Gasteiger charge is -2.38. The number of hydrogen-bond donors (Lipinski definition) is 2. The van der Waals surface area contributed by atoms with Gasteiger partial charge in [0.2, 0.25) is 10.0 Å². The molecule has 106 valence electrons. The van der Waals surface area contributed by atoms with Gasteiger partial charge in [0, 0.05) is 5.54 Å². The molecule has 1 fully saturated rings. The molecule has 0 unspecified atom stereocenters. The minimum absolute atomic E-state index is 0.135. The molecular formula is C14H21NO3S. The fourth-order valence-electron chi connectivity index (χ4n) is 2.45. The fraction of sp³-hybridized carbons (Fsp3) is 0.571. The normalized spacial score (nSPS) is 18.1. The predicted octanol–water partition coefficient (Wildman–Crippen LogP) is 1.96. The summed E-state index contributed by atoms with van der Waals surface area (Å²) in [5.41, 5.74) is 1.36. The molecule has 1 aromatic carbocycles. The van der Waals surface area contributed by atoms with E-state index >= 15 is 0 Å².